The molecule has 1 fully saturated rings. The molecule has 0 aliphatic carbocycles. The SMILES string of the molecule is COCCC1(c2noc(-c3ccncc3)n2)CCN(C(=O)c2ncccn2)CC1. The van der Waals surface area contributed by atoms with Crippen molar-refractivity contribution >= 4 is 5.91 Å². The van der Waals surface area contributed by atoms with Crippen LogP contribution in [0.1, 0.15) is 35.7 Å². The largest absolute Gasteiger partial charge is 0.385 e. The number of hydrogen-bond donors (Lipinski definition) is 0. The number of piperidine rings is 1. The number of aromatic nitrogens is 5. The molecule has 1 saturated heterocycles. The van der Waals surface area contributed by atoms with Gasteiger partial charge in [0.05, 0.1) is 0 Å². The summed E-state index contributed by atoms with van der Waals surface area (Å²) in [5.74, 6) is 1.19. The summed E-state index contributed by atoms with van der Waals surface area (Å²) in [5, 5.41) is 4.28. The van der Waals surface area contributed by atoms with Crippen molar-refractivity contribution in [3.63, 3.8) is 0 Å². The van der Waals surface area contributed by atoms with Crippen molar-refractivity contribution in [2.75, 3.05) is 26.8 Å². The summed E-state index contributed by atoms with van der Waals surface area (Å²) in [4.78, 5) is 31.3. The molecular weight excluding hydrogens is 372 g/mol. The van der Waals surface area contributed by atoms with Crippen LogP contribution >= 0.6 is 0 Å². The van der Waals surface area contributed by atoms with E-state index in [1.807, 2.05) is 12.1 Å². The summed E-state index contributed by atoms with van der Waals surface area (Å²) < 4.78 is 10.9. The number of carbonyl (C=O) groups excluding carboxylic acids is 1. The quantitative estimate of drug-likeness (QED) is 0.626. The van der Waals surface area contributed by atoms with Crippen molar-refractivity contribution in [3.8, 4) is 11.5 Å². The number of ether oxygens (including phenoxy) is 1. The first-order valence-corrected chi connectivity index (χ1v) is 9.52. The molecule has 0 unspecified atom stereocenters. The van der Waals surface area contributed by atoms with Gasteiger partial charge >= 0.3 is 0 Å². The molecule has 0 bridgehead atoms. The van der Waals surface area contributed by atoms with E-state index < -0.39 is 0 Å². The molecule has 9 heteroatoms. The molecule has 29 heavy (non-hydrogen) atoms. The molecule has 1 amide bonds. The first kappa shape index (κ1) is 19.1. The normalized spacial score (nSPS) is 16.0. The maximum Gasteiger partial charge on any atom is 0.291 e. The number of nitrogens with zero attached hydrogens (tertiary/aromatic N) is 6. The summed E-state index contributed by atoms with van der Waals surface area (Å²) in [6.07, 6.45) is 8.71. The van der Waals surface area contributed by atoms with Crippen molar-refractivity contribution < 1.29 is 14.1 Å². The van der Waals surface area contributed by atoms with Gasteiger partial charge in [-0.2, -0.15) is 4.98 Å². The topological polar surface area (TPSA) is 107 Å². The second-order valence-corrected chi connectivity index (χ2v) is 7.05. The van der Waals surface area contributed by atoms with Crippen LogP contribution in [-0.2, 0) is 10.2 Å². The van der Waals surface area contributed by atoms with Crippen LogP contribution in [0, 0.1) is 0 Å². The van der Waals surface area contributed by atoms with Gasteiger partial charge in [-0.1, -0.05) is 5.16 Å². The molecule has 0 saturated carbocycles. The highest BCUT2D eigenvalue weighted by molar-refractivity contribution is 5.90. The van der Waals surface area contributed by atoms with E-state index in [-0.39, 0.29) is 17.1 Å². The van der Waals surface area contributed by atoms with Crippen molar-refractivity contribution in [1.82, 2.24) is 30.0 Å². The zero-order valence-electron chi connectivity index (χ0n) is 16.2. The van der Waals surface area contributed by atoms with Gasteiger partial charge < -0.3 is 14.2 Å². The van der Waals surface area contributed by atoms with E-state index in [1.165, 1.54) is 0 Å². The Labute approximate surface area is 168 Å². The highest BCUT2D eigenvalue weighted by Crippen LogP contribution is 2.38. The Kier molecular flexibility index (Phi) is 5.57. The highest BCUT2D eigenvalue weighted by atomic mass is 16.5. The lowest BCUT2D eigenvalue weighted by Crippen LogP contribution is -2.46. The molecule has 3 aromatic heterocycles. The molecule has 0 N–H and O–H groups in total. The second kappa shape index (κ2) is 8.44. The third-order valence-corrected chi connectivity index (χ3v) is 5.38. The van der Waals surface area contributed by atoms with E-state index in [0.29, 0.717) is 44.3 Å². The number of hydrogen-bond acceptors (Lipinski definition) is 8. The van der Waals surface area contributed by atoms with E-state index in [2.05, 4.69) is 25.1 Å². The van der Waals surface area contributed by atoms with Crippen LogP contribution in [-0.4, -0.2) is 62.7 Å². The Morgan fingerprint density at radius 2 is 1.90 bits per heavy atom. The standard InChI is InChI=1S/C20H22N6O3/c1-28-14-7-20(19-24-17(29-25-19)15-3-10-21-11-4-15)5-12-26(13-6-20)18(27)16-22-8-2-9-23-16/h2-4,8-11H,5-7,12-14H2,1H3. The van der Waals surface area contributed by atoms with Crippen molar-refractivity contribution in [3.05, 3.63) is 54.6 Å². The Morgan fingerprint density at radius 1 is 1.17 bits per heavy atom. The van der Waals surface area contributed by atoms with E-state index in [9.17, 15) is 4.79 Å². The summed E-state index contributed by atoms with van der Waals surface area (Å²) in [5.41, 5.74) is 0.522. The van der Waals surface area contributed by atoms with E-state index in [4.69, 9.17) is 9.26 Å². The molecule has 0 atom stereocenters. The van der Waals surface area contributed by atoms with Crippen molar-refractivity contribution in [2.45, 2.75) is 24.7 Å². The number of methoxy groups -OCH3 is 1. The fraction of sp³-hybridized carbons (Fsp3) is 0.400. The lowest BCUT2D eigenvalue weighted by molar-refractivity contribution is 0.0604. The van der Waals surface area contributed by atoms with Crippen LogP contribution in [0.5, 0.6) is 0 Å². The molecule has 0 radical (unpaired) electrons. The summed E-state index contributed by atoms with van der Waals surface area (Å²) in [6.45, 7) is 1.72. The third kappa shape index (κ3) is 4.00. The van der Waals surface area contributed by atoms with E-state index in [0.717, 1.165) is 12.0 Å². The Balaban J connectivity index is 1.53. The monoisotopic (exact) mass is 394 g/mol. The molecule has 0 spiro atoms. The average molecular weight is 394 g/mol. The summed E-state index contributed by atoms with van der Waals surface area (Å²) >= 11 is 0. The predicted molar refractivity (Wildman–Crippen MR) is 103 cm³/mol. The molecule has 0 aromatic carbocycles. The molecular formula is C20H22N6O3. The van der Waals surface area contributed by atoms with Gasteiger partial charge in [-0.15, -0.1) is 0 Å². The van der Waals surface area contributed by atoms with Gasteiger partial charge in [0.2, 0.25) is 5.82 Å². The lowest BCUT2D eigenvalue weighted by Gasteiger charge is -2.39. The second-order valence-electron chi connectivity index (χ2n) is 7.05. The number of likely N-dealkylation sites (tertiary alicyclic amines) is 1. The average Bonchev–Trinajstić information content (AvgIpc) is 3.30. The molecule has 150 valence electrons. The number of rotatable bonds is 6. The van der Waals surface area contributed by atoms with Crippen molar-refractivity contribution in [1.29, 1.82) is 0 Å². The van der Waals surface area contributed by atoms with Gasteiger partial charge in [-0.3, -0.25) is 9.78 Å². The zero-order chi connectivity index (χ0) is 20.1. The maximum absolute atomic E-state index is 12.7. The Morgan fingerprint density at radius 3 is 2.59 bits per heavy atom. The minimum Gasteiger partial charge on any atom is -0.385 e. The summed E-state index contributed by atoms with van der Waals surface area (Å²) in [7, 11) is 1.68. The first-order chi connectivity index (χ1) is 14.2. The van der Waals surface area contributed by atoms with Crippen LogP contribution in [0.25, 0.3) is 11.5 Å². The van der Waals surface area contributed by atoms with E-state index in [1.54, 1.807) is 42.9 Å². The molecule has 1 aliphatic rings. The first-order valence-electron chi connectivity index (χ1n) is 9.52. The number of pyridine rings is 1. The van der Waals surface area contributed by atoms with Gasteiger partial charge in [0.15, 0.2) is 5.82 Å². The Hall–Kier alpha value is -3.20. The third-order valence-electron chi connectivity index (χ3n) is 5.38. The fourth-order valence-corrected chi connectivity index (χ4v) is 3.62. The van der Waals surface area contributed by atoms with Crippen LogP contribution in [0.3, 0.4) is 0 Å². The fourth-order valence-electron chi connectivity index (χ4n) is 3.62. The zero-order valence-corrected chi connectivity index (χ0v) is 16.2. The van der Waals surface area contributed by atoms with Crippen LogP contribution in [0.15, 0.2) is 47.5 Å². The number of amides is 1. The maximum atomic E-state index is 12.7. The molecule has 4 heterocycles. The minimum atomic E-state index is -0.306. The van der Waals surface area contributed by atoms with Crippen LogP contribution in [0.2, 0.25) is 0 Å². The molecule has 3 aromatic rings. The van der Waals surface area contributed by atoms with E-state index >= 15 is 0 Å². The van der Waals surface area contributed by atoms with Gasteiger partial charge in [0.1, 0.15) is 0 Å². The van der Waals surface area contributed by atoms with Crippen LogP contribution in [0.4, 0.5) is 0 Å². The molecule has 1 aliphatic heterocycles. The predicted octanol–water partition coefficient (Wildman–Crippen LogP) is 2.13. The smallest absolute Gasteiger partial charge is 0.291 e. The van der Waals surface area contributed by atoms with Gasteiger partial charge in [-0.25, -0.2) is 9.97 Å². The van der Waals surface area contributed by atoms with Gasteiger partial charge in [0, 0.05) is 62.6 Å². The minimum absolute atomic E-state index is 0.156. The Bertz CT molecular complexity index is 939. The number of carbonyl (C=O) groups is 1. The molecule has 9 nitrogen and oxygen atoms in total. The lowest BCUT2D eigenvalue weighted by atomic mass is 9.75. The molecule has 4 rings (SSSR count). The van der Waals surface area contributed by atoms with Crippen molar-refractivity contribution in [2.24, 2.45) is 0 Å². The van der Waals surface area contributed by atoms with Crippen LogP contribution < -0.4 is 0 Å². The summed E-state index contributed by atoms with van der Waals surface area (Å²) in [6, 6.07) is 5.36. The van der Waals surface area contributed by atoms with Gasteiger partial charge in [-0.05, 0) is 37.5 Å². The highest BCUT2D eigenvalue weighted by Gasteiger charge is 2.41. The van der Waals surface area contributed by atoms with Gasteiger partial charge in [0.25, 0.3) is 11.8 Å².